The van der Waals surface area contributed by atoms with Crippen LogP contribution in [-0.2, 0) is 0 Å². The molecule has 5 heteroatoms. The van der Waals surface area contributed by atoms with E-state index >= 15 is 0 Å². The molecule has 0 unspecified atom stereocenters. The van der Waals surface area contributed by atoms with Crippen molar-refractivity contribution in [3.63, 3.8) is 0 Å². The fraction of sp³-hybridized carbons (Fsp3) is 0.375. The molecule has 1 aliphatic carbocycles. The maximum absolute atomic E-state index is 11.3. The van der Waals surface area contributed by atoms with Crippen LogP contribution in [0.5, 0.6) is 0 Å². The summed E-state index contributed by atoms with van der Waals surface area (Å²) in [4.78, 5) is 16.5. The number of rotatable bonds is 1. The van der Waals surface area contributed by atoms with E-state index in [1.165, 1.54) is 0 Å². The Morgan fingerprint density at radius 1 is 1.46 bits per heavy atom. The second-order valence-electron chi connectivity index (χ2n) is 3.08. The SMILES string of the molecule is N#Cc1c(C2CC2)[nH]c(=S)[nH]c1=O. The number of nitriles is 1. The minimum absolute atomic E-state index is 0.177. The Kier molecular flexibility index (Phi) is 1.78. The van der Waals surface area contributed by atoms with Crippen molar-refractivity contribution >= 4 is 12.2 Å². The van der Waals surface area contributed by atoms with Crippen LogP contribution in [-0.4, -0.2) is 9.97 Å². The lowest BCUT2D eigenvalue weighted by atomic mass is 10.2. The van der Waals surface area contributed by atoms with Crippen LogP contribution in [0.15, 0.2) is 4.79 Å². The largest absolute Gasteiger partial charge is 0.334 e. The van der Waals surface area contributed by atoms with Gasteiger partial charge in [-0.05, 0) is 25.1 Å². The average Bonchev–Trinajstić information content (AvgIpc) is 2.85. The summed E-state index contributed by atoms with van der Waals surface area (Å²) in [5, 5.41) is 8.74. The summed E-state index contributed by atoms with van der Waals surface area (Å²) in [5.41, 5.74) is 0.500. The molecular formula is C8H7N3OS. The summed E-state index contributed by atoms with van der Waals surface area (Å²) in [5.74, 6) is 0.332. The van der Waals surface area contributed by atoms with Gasteiger partial charge in [0.25, 0.3) is 5.56 Å². The van der Waals surface area contributed by atoms with Crippen LogP contribution < -0.4 is 5.56 Å². The van der Waals surface area contributed by atoms with E-state index in [2.05, 4.69) is 9.97 Å². The molecule has 0 bridgehead atoms. The second kappa shape index (κ2) is 2.82. The van der Waals surface area contributed by atoms with Crippen LogP contribution in [0.2, 0.25) is 0 Å². The number of aromatic amines is 2. The summed E-state index contributed by atoms with van der Waals surface area (Å²) in [6.45, 7) is 0. The summed E-state index contributed by atoms with van der Waals surface area (Å²) in [7, 11) is 0. The van der Waals surface area contributed by atoms with Crippen LogP contribution >= 0.6 is 12.2 Å². The van der Waals surface area contributed by atoms with E-state index in [-0.39, 0.29) is 11.1 Å². The van der Waals surface area contributed by atoms with Crippen molar-refractivity contribution in [3.05, 3.63) is 26.4 Å². The zero-order valence-corrected chi connectivity index (χ0v) is 7.57. The highest BCUT2D eigenvalue weighted by atomic mass is 32.1. The van der Waals surface area contributed by atoms with E-state index in [1.54, 1.807) is 0 Å². The highest BCUT2D eigenvalue weighted by molar-refractivity contribution is 7.71. The lowest BCUT2D eigenvalue weighted by Gasteiger charge is -1.99. The molecule has 0 saturated heterocycles. The molecule has 0 aliphatic heterocycles. The maximum Gasteiger partial charge on any atom is 0.269 e. The molecule has 0 atom stereocenters. The summed E-state index contributed by atoms with van der Waals surface area (Å²) >= 11 is 4.82. The normalized spacial score (nSPS) is 15.3. The van der Waals surface area contributed by atoms with Gasteiger partial charge in [0.1, 0.15) is 11.6 Å². The molecule has 2 N–H and O–H groups in total. The number of nitrogens with one attached hydrogen (secondary N) is 2. The van der Waals surface area contributed by atoms with Gasteiger partial charge in [-0.2, -0.15) is 5.26 Å². The van der Waals surface area contributed by atoms with Crippen molar-refractivity contribution in [1.82, 2.24) is 9.97 Å². The number of hydrogen-bond donors (Lipinski definition) is 2. The van der Waals surface area contributed by atoms with E-state index in [1.807, 2.05) is 6.07 Å². The van der Waals surface area contributed by atoms with Crippen molar-refractivity contribution in [3.8, 4) is 6.07 Å². The van der Waals surface area contributed by atoms with Crippen molar-refractivity contribution < 1.29 is 0 Å². The van der Waals surface area contributed by atoms with Crippen LogP contribution in [0.3, 0.4) is 0 Å². The Hall–Kier alpha value is -1.41. The molecule has 13 heavy (non-hydrogen) atoms. The number of hydrogen-bond acceptors (Lipinski definition) is 3. The highest BCUT2D eigenvalue weighted by Crippen LogP contribution is 2.39. The summed E-state index contributed by atoms with van der Waals surface area (Å²) in [6, 6.07) is 1.89. The molecule has 66 valence electrons. The maximum atomic E-state index is 11.3. The smallest absolute Gasteiger partial charge is 0.269 e. The zero-order chi connectivity index (χ0) is 9.42. The van der Waals surface area contributed by atoms with E-state index < -0.39 is 0 Å². The van der Waals surface area contributed by atoms with Gasteiger partial charge in [-0.15, -0.1) is 0 Å². The Morgan fingerprint density at radius 3 is 2.69 bits per heavy atom. The van der Waals surface area contributed by atoms with Gasteiger partial charge in [0.15, 0.2) is 4.77 Å². The van der Waals surface area contributed by atoms with Gasteiger partial charge in [0.05, 0.1) is 0 Å². The van der Waals surface area contributed by atoms with Crippen LogP contribution in [0.1, 0.15) is 30.0 Å². The molecule has 0 spiro atoms. The molecule has 1 heterocycles. The minimum atomic E-state index is -0.381. The number of aromatic nitrogens is 2. The van der Waals surface area contributed by atoms with Gasteiger partial charge in [-0.1, -0.05) is 0 Å². The van der Waals surface area contributed by atoms with Gasteiger partial charge in [0, 0.05) is 11.6 Å². The van der Waals surface area contributed by atoms with Gasteiger partial charge >= 0.3 is 0 Å². The molecule has 0 amide bonds. The topological polar surface area (TPSA) is 72.4 Å². The molecule has 1 aliphatic rings. The summed E-state index contributed by atoms with van der Waals surface area (Å²) in [6.07, 6.45) is 2.06. The lowest BCUT2D eigenvalue weighted by Crippen LogP contribution is -2.14. The van der Waals surface area contributed by atoms with E-state index in [9.17, 15) is 4.79 Å². The Labute approximate surface area is 79.2 Å². The monoisotopic (exact) mass is 193 g/mol. The van der Waals surface area contributed by atoms with Crippen molar-refractivity contribution in [2.24, 2.45) is 0 Å². The lowest BCUT2D eigenvalue weighted by molar-refractivity contribution is 0.942. The Balaban J connectivity index is 2.72. The third kappa shape index (κ3) is 1.40. The molecular weight excluding hydrogens is 186 g/mol. The van der Waals surface area contributed by atoms with Crippen molar-refractivity contribution in [1.29, 1.82) is 5.26 Å². The standard InChI is InChI=1S/C8H7N3OS/c9-3-5-6(4-1-2-4)10-8(13)11-7(5)12/h4H,1-2H2,(H2,10,11,12,13). The van der Waals surface area contributed by atoms with Crippen molar-refractivity contribution in [2.75, 3.05) is 0 Å². The molecule has 1 fully saturated rings. The van der Waals surface area contributed by atoms with E-state index in [0.717, 1.165) is 12.8 Å². The van der Waals surface area contributed by atoms with Crippen LogP contribution in [0.25, 0.3) is 0 Å². The van der Waals surface area contributed by atoms with Gasteiger partial charge < -0.3 is 4.98 Å². The van der Waals surface area contributed by atoms with Crippen molar-refractivity contribution in [2.45, 2.75) is 18.8 Å². The average molecular weight is 193 g/mol. The third-order valence-electron chi connectivity index (χ3n) is 2.07. The first-order valence-electron chi connectivity index (χ1n) is 3.99. The van der Waals surface area contributed by atoms with E-state index in [0.29, 0.717) is 16.4 Å². The highest BCUT2D eigenvalue weighted by Gasteiger charge is 2.28. The quantitative estimate of drug-likeness (QED) is 0.658. The Morgan fingerprint density at radius 2 is 2.15 bits per heavy atom. The molecule has 0 radical (unpaired) electrons. The third-order valence-corrected chi connectivity index (χ3v) is 2.27. The minimum Gasteiger partial charge on any atom is -0.334 e. The first kappa shape index (κ1) is 8.20. The van der Waals surface area contributed by atoms with Crippen LogP contribution in [0.4, 0.5) is 0 Å². The molecule has 0 aromatic carbocycles. The molecule has 4 nitrogen and oxygen atoms in total. The number of H-pyrrole nitrogens is 2. The molecule has 1 saturated carbocycles. The summed E-state index contributed by atoms with van der Waals surface area (Å²) < 4.78 is 0.297. The first-order chi connectivity index (χ1) is 6.22. The predicted molar refractivity (Wildman–Crippen MR) is 48.9 cm³/mol. The first-order valence-corrected chi connectivity index (χ1v) is 4.40. The Bertz CT molecular complexity index is 489. The fourth-order valence-corrected chi connectivity index (χ4v) is 1.50. The number of nitrogens with zero attached hydrogens (tertiary/aromatic N) is 1. The van der Waals surface area contributed by atoms with Gasteiger partial charge in [-0.25, -0.2) is 0 Å². The molecule has 1 aromatic rings. The van der Waals surface area contributed by atoms with Crippen LogP contribution in [0, 0.1) is 16.1 Å². The molecule has 2 rings (SSSR count). The van der Waals surface area contributed by atoms with Gasteiger partial charge in [0.2, 0.25) is 0 Å². The molecule has 1 aromatic heterocycles. The van der Waals surface area contributed by atoms with Gasteiger partial charge in [-0.3, -0.25) is 9.78 Å². The zero-order valence-electron chi connectivity index (χ0n) is 6.76. The second-order valence-corrected chi connectivity index (χ2v) is 3.49. The predicted octanol–water partition coefficient (Wildman–Crippen LogP) is 1.18. The fourth-order valence-electron chi connectivity index (χ4n) is 1.29. The van der Waals surface area contributed by atoms with E-state index in [4.69, 9.17) is 17.5 Å².